The number of thioether (sulfide) groups is 1. The molecule has 12 nitrogen and oxygen atoms in total. The number of fused-ring (bicyclic) bond motifs is 1. The van der Waals surface area contributed by atoms with Gasteiger partial charge in [-0.15, -0.1) is 0 Å². The highest BCUT2D eigenvalue weighted by atomic mass is 32.2. The Hall–Kier alpha value is -4.62. The molecule has 4 rings (SSSR count). The largest absolute Gasteiger partial charge is 0.480 e. The molecule has 0 radical (unpaired) electrons. The van der Waals surface area contributed by atoms with E-state index in [4.69, 9.17) is 5.73 Å². The molecule has 0 saturated carbocycles. The molecule has 2 aromatic heterocycles. The van der Waals surface area contributed by atoms with E-state index in [1.807, 2.05) is 60.9 Å². The number of benzene rings is 2. The van der Waals surface area contributed by atoms with Gasteiger partial charge in [0.05, 0.1) is 12.4 Å². The number of carbonyl (C=O) groups excluding carboxylic acids is 3. The first-order valence-corrected chi connectivity index (χ1v) is 15.6. The zero-order chi connectivity index (χ0) is 31.5. The molecule has 44 heavy (non-hydrogen) atoms. The Morgan fingerprint density at radius 3 is 2.20 bits per heavy atom. The lowest BCUT2D eigenvalue weighted by atomic mass is 10.0. The molecule has 0 saturated heterocycles. The standard InChI is InChI=1S/C31H37N7O5S/c1-44-12-11-25(31(42)43)36-29(40)26(13-19-7-3-2-4-8-19)38-30(41)27(14-20-16-34-24-10-6-5-9-22(20)24)37-28(39)23(32)15-21-17-33-18-35-21/h2-10,16-18,23,25-27,34H,11-15,32H2,1H3,(H,33,35)(H,36,40)(H,37,39)(H,38,41)(H,42,43). The van der Waals surface area contributed by atoms with Gasteiger partial charge in [0.15, 0.2) is 0 Å². The number of rotatable bonds is 16. The topological polar surface area (TPSA) is 195 Å². The first-order chi connectivity index (χ1) is 21.2. The van der Waals surface area contributed by atoms with Crippen LogP contribution in [0.4, 0.5) is 0 Å². The monoisotopic (exact) mass is 619 g/mol. The first-order valence-electron chi connectivity index (χ1n) is 14.2. The van der Waals surface area contributed by atoms with E-state index >= 15 is 0 Å². The van der Waals surface area contributed by atoms with E-state index in [-0.39, 0.29) is 25.7 Å². The molecule has 0 aliphatic rings. The highest BCUT2D eigenvalue weighted by molar-refractivity contribution is 7.98. The predicted molar refractivity (Wildman–Crippen MR) is 169 cm³/mol. The highest BCUT2D eigenvalue weighted by Crippen LogP contribution is 2.19. The van der Waals surface area contributed by atoms with Gasteiger partial charge in [-0.25, -0.2) is 9.78 Å². The number of carbonyl (C=O) groups is 4. The normalized spacial score (nSPS) is 13.9. The summed E-state index contributed by atoms with van der Waals surface area (Å²) in [5.41, 5.74) is 9.27. The number of nitrogens with zero attached hydrogens (tertiary/aromatic N) is 1. The smallest absolute Gasteiger partial charge is 0.326 e. The first kappa shape index (κ1) is 32.3. The molecule has 0 fully saturated rings. The molecule has 4 aromatic rings. The van der Waals surface area contributed by atoms with E-state index in [0.29, 0.717) is 11.4 Å². The Balaban J connectivity index is 1.57. The molecule has 0 aliphatic carbocycles. The summed E-state index contributed by atoms with van der Waals surface area (Å²) in [7, 11) is 0. The molecule has 4 unspecified atom stereocenters. The molecule has 232 valence electrons. The van der Waals surface area contributed by atoms with Gasteiger partial charge in [0.25, 0.3) is 0 Å². The van der Waals surface area contributed by atoms with Gasteiger partial charge in [-0.3, -0.25) is 14.4 Å². The molecule has 3 amide bonds. The number of nitrogens with two attached hydrogens (primary N) is 1. The van der Waals surface area contributed by atoms with Gasteiger partial charge in [0, 0.05) is 48.3 Å². The fourth-order valence-corrected chi connectivity index (χ4v) is 5.30. The number of carboxylic acids is 1. The minimum atomic E-state index is -1.16. The second-order valence-electron chi connectivity index (χ2n) is 10.4. The van der Waals surface area contributed by atoms with Crippen LogP contribution < -0.4 is 21.7 Å². The van der Waals surface area contributed by atoms with Crippen LogP contribution in [0.25, 0.3) is 10.9 Å². The summed E-state index contributed by atoms with van der Waals surface area (Å²) >= 11 is 1.47. The lowest BCUT2D eigenvalue weighted by Crippen LogP contribution is -2.58. The van der Waals surface area contributed by atoms with Crippen molar-refractivity contribution < 1.29 is 24.3 Å². The van der Waals surface area contributed by atoms with Crippen molar-refractivity contribution in [2.45, 2.75) is 49.9 Å². The number of carboxylic acid groups (broad SMARTS) is 1. The number of amides is 3. The molecular formula is C31H37N7O5S. The Kier molecular flexibility index (Phi) is 11.5. The SMILES string of the molecule is CSCCC(NC(=O)C(Cc1ccccc1)NC(=O)C(Cc1c[nH]c2ccccc12)NC(=O)C(N)Cc1cnc[nH]1)C(=O)O. The van der Waals surface area contributed by atoms with Gasteiger partial charge in [-0.1, -0.05) is 48.5 Å². The molecule has 13 heteroatoms. The molecule has 0 spiro atoms. The molecule has 2 heterocycles. The number of imidazole rings is 1. The fraction of sp³-hybridized carbons (Fsp3) is 0.323. The van der Waals surface area contributed by atoms with Gasteiger partial charge in [0.2, 0.25) is 17.7 Å². The minimum absolute atomic E-state index is 0.111. The van der Waals surface area contributed by atoms with Crippen LogP contribution in [0.3, 0.4) is 0 Å². The molecule has 2 aromatic carbocycles. The van der Waals surface area contributed by atoms with E-state index in [1.54, 1.807) is 12.4 Å². The molecule has 8 N–H and O–H groups in total. The Morgan fingerprint density at radius 1 is 0.864 bits per heavy atom. The van der Waals surface area contributed by atoms with Crippen LogP contribution in [0.5, 0.6) is 0 Å². The number of nitrogens with one attached hydrogen (secondary N) is 5. The third kappa shape index (κ3) is 8.94. The van der Waals surface area contributed by atoms with Crippen LogP contribution in [0.15, 0.2) is 73.3 Å². The number of aromatic nitrogens is 3. The fourth-order valence-electron chi connectivity index (χ4n) is 4.83. The van der Waals surface area contributed by atoms with Crippen molar-refractivity contribution >= 4 is 46.4 Å². The lowest BCUT2D eigenvalue weighted by molar-refractivity contribution is -0.142. The Bertz CT molecular complexity index is 1540. The Labute approximate surface area is 259 Å². The summed E-state index contributed by atoms with van der Waals surface area (Å²) in [6, 6.07) is 12.4. The van der Waals surface area contributed by atoms with E-state index in [0.717, 1.165) is 22.0 Å². The van der Waals surface area contributed by atoms with Crippen molar-refractivity contribution in [3.63, 3.8) is 0 Å². The summed E-state index contributed by atoms with van der Waals surface area (Å²) in [4.78, 5) is 62.4. The summed E-state index contributed by atoms with van der Waals surface area (Å²) in [6.07, 6.45) is 7.31. The van der Waals surface area contributed by atoms with Crippen LogP contribution in [0, 0.1) is 0 Å². The van der Waals surface area contributed by atoms with Gasteiger partial charge in [-0.05, 0) is 35.6 Å². The second-order valence-corrected chi connectivity index (χ2v) is 11.4. The van der Waals surface area contributed by atoms with Crippen molar-refractivity contribution in [3.05, 3.63) is 90.1 Å². The number of aromatic amines is 2. The third-order valence-corrected chi connectivity index (χ3v) is 7.85. The summed E-state index contributed by atoms with van der Waals surface area (Å²) in [5, 5.41) is 18.7. The number of aliphatic carboxylic acids is 1. The molecule has 0 aliphatic heterocycles. The van der Waals surface area contributed by atoms with Gasteiger partial charge in [-0.2, -0.15) is 11.8 Å². The van der Waals surface area contributed by atoms with Crippen LogP contribution in [0.2, 0.25) is 0 Å². The van der Waals surface area contributed by atoms with E-state index in [9.17, 15) is 24.3 Å². The molecule has 0 bridgehead atoms. The average molecular weight is 620 g/mol. The lowest BCUT2D eigenvalue weighted by Gasteiger charge is -2.25. The maximum atomic E-state index is 13.9. The van der Waals surface area contributed by atoms with Crippen LogP contribution in [-0.4, -0.2) is 79.9 Å². The quantitative estimate of drug-likeness (QED) is 0.0981. The Morgan fingerprint density at radius 2 is 1.52 bits per heavy atom. The maximum Gasteiger partial charge on any atom is 0.326 e. The van der Waals surface area contributed by atoms with E-state index < -0.39 is 47.9 Å². The van der Waals surface area contributed by atoms with Crippen molar-refractivity contribution in [2.75, 3.05) is 12.0 Å². The maximum absolute atomic E-state index is 13.9. The predicted octanol–water partition coefficient (Wildman–Crippen LogP) is 1.54. The van der Waals surface area contributed by atoms with Gasteiger partial charge >= 0.3 is 5.97 Å². The number of H-pyrrole nitrogens is 2. The number of para-hydroxylation sites is 1. The zero-order valence-corrected chi connectivity index (χ0v) is 25.1. The van der Waals surface area contributed by atoms with Crippen molar-refractivity contribution in [3.8, 4) is 0 Å². The molecule has 4 atom stereocenters. The van der Waals surface area contributed by atoms with Crippen molar-refractivity contribution in [1.29, 1.82) is 0 Å². The van der Waals surface area contributed by atoms with Crippen LogP contribution in [-0.2, 0) is 38.4 Å². The van der Waals surface area contributed by atoms with E-state index in [1.165, 1.54) is 18.1 Å². The second kappa shape index (κ2) is 15.7. The summed E-state index contributed by atoms with van der Waals surface area (Å²) in [5.74, 6) is -2.42. The zero-order valence-electron chi connectivity index (χ0n) is 24.3. The summed E-state index contributed by atoms with van der Waals surface area (Å²) < 4.78 is 0. The third-order valence-electron chi connectivity index (χ3n) is 7.20. The minimum Gasteiger partial charge on any atom is -0.480 e. The van der Waals surface area contributed by atoms with Gasteiger partial charge in [0.1, 0.15) is 18.1 Å². The van der Waals surface area contributed by atoms with Crippen molar-refractivity contribution in [1.82, 2.24) is 30.9 Å². The number of hydrogen-bond acceptors (Lipinski definition) is 7. The highest BCUT2D eigenvalue weighted by Gasteiger charge is 2.31. The molecular weight excluding hydrogens is 582 g/mol. The van der Waals surface area contributed by atoms with Crippen LogP contribution >= 0.6 is 11.8 Å². The number of hydrogen-bond donors (Lipinski definition) is 7. The van der Waals surface area contributed by atoms with Gasteiger partial charge < -0.3 is 36.8 Å². The van der Waals surface area contributed by atoms with Crippen LogP contribution in [0.1, 0.15) is 23.2 Å². The van der Waals surface area contributed by atoms with E-state index in [2.05, 4.69) is 30.9 Å². The van der Waals surface area contributed by atoms with Crippen molar-refractivity contribution in [2.24, 2.45) is 5.73 Å². The average Bonchev–Trinajstić information content (AvgIpc) is 3.68. The summed E-state index contributed by atoms with van der Waals surface area (Å²) in [6.45, 7) is 0.